The first-order chi connectivity index (χ1) is 10.6. The number of benzene rings is 1. The zero-order valence-electron chi connectivity index (χ0n) is 12.2. The molecule has 1 aromatic heterocycles. The highest BCUT2D eigenvalue weighted by Crippen LogP contribution is 2.42. The summed E-state index contributed by atoms with van der Waals surface area (Å²) >= 11 is 6.09. The predicted molar refractivity (Wildman–Crippen MR) is 83.9 cm³/mol. The lowest BCUT2D eigenvalue weighted by molar-refractivity contribution is 0.246. The van der Waals surface area contributed by atoms with Gasteiger partial charge in [-0.15, -0.1) is 0 Å². The fourth-order valence-corrected chi connectivity index (χ4v) is 3.34. The highest BCUT2D eigenvalue weighted by atomic mass is 35.5. The lowest BCUT2D eigenvalue weighted by atomic mass is 10.1. The molecular formula is C15H15ClN4O2. The number of carbonyl (C=O) groups excluding carboxylic acids is 1. The number of urea groups is 1. The van der Waals surface area contributed by atoms with Crippen molar-refractivity contribution in [3.8, 4) is 5.75 Å². The first-order valence-corrected chi connectivity index (χ1v) is 7.50. The Morgan fingerprint density at radius 2 is 2.23 bits per heavy atom. The molecule has 0 radical (unpaired) electrons. The highest BCUT2D eigenvalue weighted by molar-refractivity contribution is 6.31. The molecule has 114 valence electrons. The van der Waals surface area contributed by atoms with Gasteiger partial charge in [0, 0.05) is 5.02 Å². The molecular weight excluding hydrogens is 304 g/mol. The first-order valence-electron chi connectivity index (χ1n) is 7.12. The number of fused-ring (bicyclic) bond motifs is 3. The molecule has 0 aliphatic carbocycles. The maximum absolute atomic E-state index is 13.0. The second-order valence-corrected chi connectivity index (χ2v) is 6.04. The Hall–Kier alpha value is -2.21. The number of hydrogen-bond acceptors (Lipinski definition) is 3. The van der Waals surface area contributed by atoms with Crippen molar-refractivity contribution in [1.29, 1.82) is 0 Å². The van der Waals surface area contributed by atoms with Gasteiger partial charge < -0.3 is 9.72 Å². The van der Waals surface area contributed by atoms with Gasteiger partial charge in [0.2, 0.25) is 0 Å². The molecule has 0 saturated carbocycles. The van der Waals surface area contributed by atoms with Crippen LogP contribution in [-0.4, -0.2) is 34.7 Å². The van der Waals surface area contributed by atoms with Crippen LogP contribution in [0.5, 0.6) is 5.75 Å². The van der Waals surface area contributed by atoms with Crippen LogP contribution in [0, 0.1) is 6.92 Å². The molecule has 0 bridgehead atoms. The number of hydrogen-bond donors (Lipinski definition) is 1. The lowest BCUT2D eigenvalue weighted by Crippen LogP contribution is -2.43. The van der Waals surface area contributed by atoms with Crippen LogP contribution in [0.4, 0.5) is 16.3 Å². The summed E-state index contributed by atoms with van der Waals surface area (Å²) in [5.41, 5.74) is 1.59. The molecule has 0 spiro atoms. The smallest absolute Gasteiger partial charge is 0.331 e. The number of anilines is 2. The number of nitrogens with one attached hydrogen (secondary N) is 1. The summed E-state index contributed by atoms with van der Waals surface area (Å²) in [6.45, 7) is 4.37. The number of ether oxygens (including phenoxy) is 1. The quantitative estimate of drug-likeness (QED) is 0.879. The van der Waals surface area contributed by atoms with E-state index in [4.69, 9.17) is 16.3 Å². The Morgan fingerprint density at radius 1 is 1.41 bits per heavy atom. The third-order valence-electron chi connectivity index (χ3n) is 4.33. The van der Waals surface area contributed by atoms with Crippen molar-refractivity contribution in [2.75, 3.05) is 16.4 Å². The van der Waals surface area contributed by atoms with E-state index < -0.39 is 0 Å². The van der Waals surface area contributed by atoms with E-state index in [-0.39, 0.29) is 18.1 Å². The third kappa shape index (κ3) is 1.73. The normalized spacial score (nSPS) is 23.3. The maximum Gasteiger partial charge on any atom is 0.331 e. The van der Waals surface area contributed by atoms with Gasteiger partial charge in [-0.3, -0.25) is 9.80 Å². The van der Waals surface area contributed by atoms with Gasteiger partial charge in [0.1, 0.15) is 12.4 Å². The molecule has 2 amide bonds. The minimum atomic E-state index is -0.0977. The number of aromatic nitrogens is 2. The summed E-state index contributed by atoms with van der Waals surface area (Å²) in [6.07, 6.45) is 1.60. The number of aryl methyl sites for hydroxylation is 1. The zero-order valence-corrected chi connectivity index (χ0v) is 13.0. The van der Waals surface area contributed by atoms with Crippen LogP contribution < -0.4 is 14.5 Å². The Kier molecular flexibility index (Phi) is 2.84. The van der Waals surface area contributed by atoms with Crippen LogP contribution in [-0.2, 0) is 0 Å². The molecule has 1 saturated heterocycles. The van der Waals surface area contributed by atoms with E-state index in [1.165, 1.54) is 0 Å². The third-order valence-corrected chi connectivity index (χ3v) is 4.56. The van der Waals surface area contributed by atoms with Crippen LogP contribution in [0.1, 0.15) is 12.6 Å². The molecule has 7 heteroatoms. The average Bonchev–Trinajstić information content (AvgIpc) is 3.01. The van der Waals surface area contributed by atoms with Crippen molar-refractivity contribution in [1.82, 2.24) is 9.97 Å². The summed E-state index contributed by atoms with van der Waals surface area (Å²) < 4.78 is 5.80. The van der Waals surface area contributed by atoms with Crippen LogP contribution >= 0.6 is 11.6 Å². The van der Waals surface area contributed by atoms with E-state index in [9.17, 15) is 4.79 Å². The largest absolute Gasteiger partial charge is 0.489 e. The van der Waals surface area contributed by atoms with E-state index in [2.05, 4.69) is 9.97 Å². The number of aromatic amines is 1. The van der Waals surface area contributed by atoms with Gasteiger partial charge in [0.25, 0.3) is 0 Å². The lowest BCUT2D eigenvalue weighted by Gasteiger charge is -2.31. The van der Waals surface area contributed by atoms with Gasteiger partial charge in [-0.2, -0.15) is 0 Å². The van der Waals surface area contributed by atoms with E-state index in [1.54, 1.807) is 34.3 Å². The zero-order chi connectivity index (χ0) is 15.4. The summed E-state index contributed by atoms with van der Waals surface area (Å²) in [4.78, 5) is 23.8. The van der Waals surface area contributed by atoms with E-state index >= 15 is 0 Å². The van der Waals surface area contributed by atoms with Crippen LogP contribution in [0.15, 0.2) is 24.5 Å². The number of nitrogens with zero attached hydrogens (tertiary/aromatic N) is 3. The molecule has 4 rings (SSSR count). The molecule has 2 aromatic rings. The van der Waals surface area contributed by atoms with Gasteiger partial charge >= 0.3 is 6.03 Å². The minimum Gasteiger partial charge on any atom is -0.489 e. The Labute approximate surface area is 132 Å². The molecule has 2 aliphatic rings. The average molecular weight is 319 g/mol. The predicted octanol–water partition coefficient (Wildman–Crippen LogP) is 2.97. The fourth-order valence-electron chi connectivity index (χ4n) is 3.17. The van der Waals surface area contributed by atoms with Crippen molar-refractivity contribution >= 4 is 29.1 Å². The number of imidazole rings is 1. The van der Waals surface area contributed by atoms with Crippen molar-refractivity contribution in [3.63, 3.8) is 0 Å². The summed E-state index contributed by atoms with van der Waals surface area (Å²) in [5.74, 6) is 1.34. The van der Waals surface area contributed by atoms with Crippen LogP contribution in [0.2, 0.25) is 5.02 Å². The molecule has 2 unspecified atom stereocenters. The minimum absolute atomic E-state index is 0.0402. The number of carbonyl (C=O) groups is 1. The molecule has 1 fully saturated rings. The van der Waals surface area contributed by atoms with Gasteiger partial charge in [-0.1, -0.05) is 11.6 Å². The number of halogens is 1. The SMILES string of the molecule is Cc1[nH]cnc1N1C(=O)N2c3cc(Cl)ccc3OCC2C1C. The van der Waals surface area contributed by atoms with Gasteiger partial charge in [-0.25, -0.2) is 9.78 Å². The van der Waals surface area contributed by atoms with Crippen molar-refractivity contribution in [2.45, 2.75) is 25.9 Å². The summed E-state index contributed by atoms with van der Waals surface area (Å²) in [5, 5.41) is 0.581. The first kappa shape index (κ1) is 13.5. The number of amides is 2. The Morgan fingerprint density at radius 3 is 2.95 bits per heavy atom. The molecule has 2 aliphatic heterocycles. The molecule has 3 heterocycles. The summed E-state index contributed by atoms with van der Waals surface area (Å²) in [6, 6.07) is 5.14. The van der Waals surface area contributed by atoms with Gasteiger partial charge in [0.05, 0.1) is 29.8 Å². The highest BCUT2D eigenvalue weighted by Gasteiger charge is 2.49. The topological polar surface area (TPSA) is 61.5 Å². The monoisotopic (exact) mass is 318 g/mol. The number of rotatable bonds is 1. The fraction of sp³-hybridized carbons (Fsp3) is 0.333. The van der Waals surface area contributed by atoms with Crippen LogP contribution in [0.25, 0.3) is 0 Å². The molecule has 6 nitrogen and oxygen atoms in total. The maximum atomic E-state index is 13.0. The van der Waals surface area contributed by atoms with Crippen molar-refractivity contribution in [2.24, 2.45) is 0 Å². The number of H-pyrrole nitrogens is 1. The van der Waals surface area contributed by atoms with Crippen molar-refractivity contribution < 1.29 is 9.53 Å². The molecule has 2 atom stereocenters. The molecule has 1 aromatic carbocycles. The van der Waals surface area contributed by atoms with E-state index in [0.717, 1.165) is 11.4 Å². The van der Waals surface area contributed by atoms with Gasteiger partial charge in [0.15, 0.2) is 5.82 Å². The second kappa shape index (κ2) is 4.64. The van der Waals surface area contributed by atoms with Gasteiger partial charge in [-0.05, 0) is 32.0 Å². The Balaban J connectivity index is 1.81. The van der Waals surface area contributed by atoms with Crippen LogP contribution in [0.3, 0.4) is 0 Å². The van der Waals surface area contributed by atoms with E-state index in [0.29, 0.717) is 23.2 Å². The Bertz CT molecular complexity index is 760. The standard InChI is InChI=1S/C15H15ClN4O2/c1-8-14(18-7-17-8)19-9(2)12-6-22-13-4-3-10(16)5-11(13)20(12)15(19)21/h3-5,7,9,12H,6H2,1-2H3,(H,17,18). The molecule has 1 N–H and O–H groups in total. The second-order valence-electron chi connectivity index (χ2n) is 5.60. The van der Waals surface area contributed by atoms with Crippen molar-refractivity contribution in [3.05, 3.63) is 35.2 Å². The molecule has 22 heavy (non-hydrogen) atoms. The van der Waals surface area contributed by atoms with E-state index in [1.807, 2.05) is 13.8 Å². The summed E-state index contributed by atoms with van der Waals surface area (Å²) in [7, 11) is 0.